The van der Waals surface area contributed by atoms with Gasteiger partial charge in [-0.15, -0.1) is 5.10 Å². The number of rotatable bonds is 5. The zero-order chi connectivity index (χ0) is 21.5. The van der Waals surface area contributed by atoms with Gasteiger partial charge in [-0.1, -0.05) is 38.1 Å². The summed E-state index contributed by atoms with van der Waals surface area (Å²) in [5.74, 6) is 2.08. The molecular weight excluding hydrogens is 384 g/mol. The number of methoxy groups -OCH3 is 1. The third-order valence-electron chi connectivity index (χ3n) is 5.48. The van der Waals surface area contributed by atoms with Gasteiger partial charge in [0.25, 0.3) is 0 Å². The van der Waals surface area contributed by atoms with Gasteiger partial charge in [0.15, 0.2) is 17.0 Å². The highest BCUT2D eigenvalue weighted by Crippen LogP contribution is 2.32. The fraction of sp³-hybridized carbons (Fsp3) is 0.524. The van der Waals surface area contributed by atoms with Gasteiger partial charge in [-0.3, -0.25) is 0 Å². The Hall–Kier alpha value is -2.78. The Kier molecular flexibility index (Phi) is 5.33. The second-order valence-electron chi connectivity index (χ2n) is 8.69. The first-order valence-corrected chi connectivity index (χ1v) is 10.1. The molecule has 0 spiro atoms. The van der Waals surface area contributed by atoms with Gasteiger partial charge in [0.2, 0.25) is 0 Å². The van der Waals surface area contributed by atoms with Crippen molar-refractivity contribution in [2.45, 2.75) is 51.3 Å². The number of ether oxygens (including phenoxy) is 1. The Morgan fingerprint density at radius 3 is 2.53 bits per heavy atom. The lowest BCUT2D eigenvalue weighted by Gasteiger charge is -2.27. The van der Waals surface area contributed by atoms with Gasteiger partial charge in [0.05, 0.1) is 32.4 Å². The molecule has 0 radical (unpaired) electrons. The summed E-state index contributed by atoms with van der Waals surface area (Å²) >= 11 is 0. The van der Waals surface area contributed by atoms with Crippen LogP contribution in [0.3, 0.4) is 0 Å². The fourth-order valence-corrected chi connectivity index (χ4v) is 3.71. The molecule has 2 atom stereocenters. The highest BCUT2D eigenvalue weighted by Gasteiger charge is 2.36. The monoisotopic (exact) mass is 412 g/mol. The molecule has 1 aliphatic rings. The van der Waals surface area contributed by atoms with E-state index in [-0.39, 0.29) is 12.0 Å². The van der Waals surface area contributed by atoms with Crippen molar-refractivity contribution >= 4 is 17.0 Å². The van der Waals surface area contributed by atoms with Crippen molar-refractivity contribution in [2.75, 3.05) is 25.2 Å². The van der Waals surface area contributed by atoms with Crippen LogP contribution in [-0.2, 0) is 12.0 Å². The summed E-state index contributed by atoms with van der Waals surface area (Å²) in [4.78, 5) is 11.5. The third-order valence-corrected chi connectivity index (χ3v) is 5.48. The predicted octanol–water partition coefficient (Wildman–Crippen LogP) is 1.51. The second kappa shape index (κ2) is 7.81. The topological polar surface area (TPSA) is 109 Å². The van der Waals surface area contributed by atoms with Crippen molar-refractivity contribution in [3.8, 4) is 5.75 Å². The smallest absolute Gasteiger partial charge is 0.184 e. The number of hydrogen-bond donors (Lipinski definition) is 2. The number of aliphatic hydroxyl groups excluding tert-OH is 2. The van der Waals surface area contributed by atoms with Crippen molar-refractivity contribution in [3.63, 3.8) is 0 Å². The lowest BCUT2D eigenvalue weighted by atomic mass is 9.95. The normalized spacial score (nSPS) is 19.6. The highest BCUT2D eigenvalue weighted by molar-refractivity contribution is 5.83. The van der Waals surface area contributed by atoms with Crippen LogP contribution in [0.1, 0.15) is 38.6 Å². The Labute approximate surface area is 175 Å². The molecular formula is C21H28N6O3. The summed E-state index contributed by atoms with van der Waals surface area (Å²) in [6, 6.07) is 7.37. The molecule has 9 nitrogen and oxygen atoms in total. The van der Waals surface area contributed by atoms with E-state index in [1.807, 2.05) is 29.2 Å². The van der Waals surface area contributed by atoms with E-state index in [1.165, 1.54) is 0 Å². The quantitative estimate of drug-likeness (QED) is 0.649. The molecule has 2 aromatic heterocycles. The molecule has 2 N–H and O–H groups in total. The molecule has 0 amide bonds. The zero-order valence-electron chi connectivity index (χ0n) is 17.8. The number of aromatic nitrogens is 5. The van der Waals surface area contributed by atoms with E-state index in [0.717, 1.165) is 11.3 Å². The standard InChI is InChI=1S/C21H28N6O3/c1-21(2,3)20-22-18(26-10-9-16(29)15(26)12-28)17-19(23-20)27(25-24-17)11-13-5-7-14(30-4)8-6-13/h5-8,15-16,28-29H,9-12H2,1-4H3/t15-,16-/m0/s1. The summed E-state index contributed by atoms with van der Waals surface area (Å²) in [6.07, 6.45) is -0.0332. The first-order valence-electron chi connectivity index (χ1n) is 10.1. The van der Waals surface area contributed by atoms with Crippen molar-refractivity contribution < 1.29 is 14.9 Å². The van der Waals surface area contributed by atoms with Gasteiger partial charge in [0.1, 0.15) is 11.6 Å². The van der Waals surface area contributed by atoms with Crippen molar-refractivity contribution in [1.29, 1.82) is 0 Å². The fourth-order valence-electron chi connectivity index (χ4n) is 3.71. The average molecular weight is 412 g/mol. The lowest BCUT2D eigenvalue weighted by molar-refractivity contribution is 0.128. The molecule has 0 unspecified atom stereocenters. The van der Waals surface area contributed by atoms with Crippen molar-refractivity contribution in [2.24, 2.45) is 0 Å². The van der Waals surface area contributed by atoms with Crippen LogP contribution in [-0.4, -0.2) is 67.6 Å². The Morgan fingerprint density at radius 1 is 1.17 bits per heavy atom. The minimum absolute atomic E-state index is 0.155. The summed E-state index contributed by atoms with van der Waals surface area (Å²) in [6.45, 7) is 7.10. The van der Waals surface area contributed by atoms with Crippen molar-refractivity contribution in [1.82, 2.24) is 25.0 Å². The average Bonchev–Trinajstić information content (AvgIpc) is 3.30. The maximum absolute atomic E-state index is 10.3. The van der Waals surface area contributed by atoms with Crippen LogP contribution in [0, 0.1) is 0 Å². The molecule has 0 saturated carbocycles. The number of nitrogens with zero attached hydrogens (tertiary/aromatic N) is 6. The molecule has 9 heteroatoms. The zero-order valence-corrected chi connectivity index (χ0v) is 17.8. The van der Waals surface area contributed by atoms with Crippen LogP contribution in [0.4, 0.5) is 5.82 Å². The lowest BCUT2D eigenvalue weighted by Crippen LogP contribution is -2.39. The molecule has 1 aromatic carbocycles. The maximum Gasteiger partial charge on any atom is 0.184 e. The van der Waals surface area contributed by atoms with E-state index in [2.05, 4.69) is 31.1 Å². The van der Waals surface area contributed by atoms with Crippen LogP contribution >= 0.6 is 0 Å². The van der Waals surface area contributed by atoms with E-state index >= 15 is 0 Å². The van der Waals surface area contributed by atoms with Crippen LogP contribution in [0.15, 0.2) is 24.3 Å². The van der Waals surface area contributed by atoms with Gasteiger partial charge in [-0.25, -0.2) is 14.6 Å². The van der Waals surface area contributed by atoms with Gasteiger partial charge in [0, 0.05) is 12.0 Å². The molecule has 0 aliphatic carbocycles. The first-order chi connectivity index (χ1) is 14.3. The van der Waals surface area contributed by atoms with Crippen LogP contribution in [0.25, 0.3) is 11.2 Å². The number of anilines is 1. The number of hydrogen-bond acceptors (Lipinski definition) is 8. The van der Waals surface area contributed by atoms with Crippen LogP contribution in [0.5, 0.6) is 5.75 Å². The van der Waals surface area contributed by atoms with Gasteiger partial charge in [-0.2, -0.15) is 0 Å². The minimum Gasteiger partial charge on any atom is -0.497 e. The number of fused-ring (bicyclic) bond motifs is 1. The van der Waals surface area contributed by atoms with E-state index in [4.69, 9.17) is 14.7 Å². The Balaban J connectivity index is 1.80. The molecule has 3 aromatic rings. The van der Waals surface area contributed by atoms with E-state index in [9.17, 15) is 10.2 Å². The minimum atomic E-state index is -0.604. The molecule has 3 heterocycles. The van der Waals surface area contributed by atoms with E-state index < -0.39 is 12.1 Å². The van der Waals surface area contributed by atoms with E-state index in [1.54, 1.807) is 11.8 Å². The van der Waals surface area contributed by atoms with Gasteiger partial charge < -0.3 is 19.8 Å². The highest BCUT2D eigenvalue weighted by atomic mass is 16.5. The SMILES string of the molecule is COc1ccc(Cn2nnc3c(N4CC[C@H](O)[C@@H]4CO)nc(C(C)(C)C)nc32)cc1. The number of benzene rings is 1. The van der Waals surface area contributed by atoms with Gasteiger partial charge in [-0.05, 0) is 24.1 Å². The first kappa shape index (κ1) is 20.5. The van der Waals surface area contributed by atoms with E-state index in [0.29, 0.717) is 42.3 Å². The maximum atomic E-state index is 10.3. The summed E-state index contributed by atoms with van der Waals surface area (Å²) in [5, 5.41) is 28.8. The largest absolute Gasteiger partial charge is 0.497 e. The van der Waals surface area contributed by atoms with Crippen LogP contribution < -0.4 is 9.64 Å². The van der Waals surface area contributed by atoms with Crippen molar-refractivity contribution in [3.05, 3.63) is 35.7 Å². The number of aliphatic hydroxyl groups is 2. The Morgan fingerprint density at radius 2 is 1.90 bits per heavy atom. The molecule has 160 valence electrons. The molecule has 0 bridgehead atoms. The summed E-state index contributed by atoms with van der Waals surface area (Å²) in [7, 11) is 1.64. The summed E-state index contributed by atoms with van der Waals surface area (Å²) < 4.78 is 6.99. The second-order valence-corrected chi connectivity index (χ2v) is 8.69. The molecule has 1 fully saturated rings. The molecule has 1 saturated heterocycles. The van der Waals surface area contributed by atoms with Crippen LogP contribution in [0.2, 0.25) is 0 Å². The molecule has 1 aliphatic heterocycles. The van der Waals surface area contributed by atoms with Gasteiger partial charge >= 0.3 is 0 Å². The summed E-state index contributed by atoms with van der Waals surface area (Å²) in [5.41, 5.74) is 1.97. The molecule has 30 heavy (non-hydrogen) atoms. The predicted molar refractivity (Wildman–Crippen MR) is 113 cm³/mol. The third kappa shape index (κ3) is 3.70. The molecule has 4 rings (SSSR count). The Bertz CT molecular complexity index is 1030.